The van der Waals surface area contributed by atoms with Crippen molar-refractivity contribution >= 4 is 17.3 Å². The number of aromatic nitrogens is 2. The van der Waals surface area contributed by atoms with Crippen LogP contribution in [0.1, 0.15) is 17.0 Å². The molecule has 2 N–H and O–H groups in total. The van der Waals surface area contributed by atoms with E-state index in [1.165, 1.54) is 5.56 Å². The number of aryl methyl sites for hydroxylation is 2. The molecule has 0 aliphatic rings. The van der Waals surface area contributed by atoms with Gasteiger partial charge in [-0.05, 0) is 26.1 Å². The maximum Gasteiger partial charge on any atom is 0.166 e. The normalized spacial score (nSPS) is 9.94. The Morgan fingerprint density at radius 1 is 1.50 bits per heavy atom. The second kappa shape index (κ2) is 5.65. The summed E-state index contributed by atoms with van der Waals surface area (Å²) in [7, 11) is 1.94. The number of hydrogen-bond donors (Lipinski definition) is 2. The summed E-state index contributed by atoms with van der Waals surface area (Å²) in [6.07, 6.45) is 1.77. The van der Waals surface area contributed by atoms with Gasteiger partial charge in [-0.2, -0.15) is 5.10 Å². The van der Waals surface area contributed by atoms with Crippen LogP contribution in [0.15, 0.2) is 12.7 Å². The lowest BCUT2D eigenvalue weighted by molar-refractivity contribution is 0.729. The maximum atomic E-state index is 5.11. The van der Waals surface area contributed by atoms with E-state index in [2.05, 4.69) is 29.2 Å². The third kappa shape index (κ3) is 3.06. The van der Waals surface area contributed by atoms with E-state index < -0.39 is 0 Å². The zero-order chi connectivity index (χ0) is 12.1. The van der Waals surface area contributed by atoms with Gasteiger partial charge < -0.3 is 10.6 Å². The number of nitrogens with zero attached hydrogens (tertiary/aromatic N) is 2. The van der Waals surface area contributed by atoms with Crippen molar-refractivity contribution in [2.75, 3.05) is 6.54 Å². The van der Waals surface area contributed by atoms with Crippen LogP contribution in [0.25, 0.3) is 0 Å². The summed E-state index contributed by atoms with van der Waals surface area (Å²) < 4.78 is 1.88. The number of nitrogens with one attached hydrogen (secondary N) is 2. The van der Waals surface area contributed by atoms with Crippen molar-refractivity contribution in [2.24, 2.45) is 7.05 Å². The summed E-state index contributed by atoms with van der Waals surface area (Å²) in [5, 5.41) is 11.2. The summed E-state index contributed by atoms with van der Waals surface area (Å²) in [5.41, 5.74) is 3.40. The molecular weight excluding hydrogens is 220 g/mol. The van der Waals surface area contributed by atoms with Crippen molar-refractivity contribution in [1.29, 1.82) is 0 Å². The van der Waals surface area contributed by atoms with Crippen molar-refractivity contribution in [2.45, 2.75) is 20.4 Å². The van der Waals surface area contributed by atoms with Crippen LogP contribution in [-0.4, -0.2) is 21.4 Å². The van der Waals surface area contributed by atoms with Crippen LogP contribution < -0.4 is 10.6 Å². The van der Waals surface area contributed by atoms with Crippen molar-refractivity contribution < 1.29 is 0 Å². The molecule has 1 aromatic rings. The molecule has 1 rings (SSSR count). The molecule has 0 atom stereocenters. The molecule has 0 unspecified atom stereocenters. The fourth-order valence-corrected chi connectivity index (χ4v) is 1.62. The molecule has 0 amide bonds. The van der Waals surface area contributed by atoms with E-state index in [4.69, 9.17) is 12.2 Å². The van der Waals surface area contributed by atoms with Gasteiger partial charge in [0.1, 0.15) is 0 Å². The Balaban J connectivity index is 2.54. The van der Waals surface area contributed by atoms with E-state index in [1.807, 2.05) is 18.7 Å². The van der Waals surface area contributed by atoms with E-state index in [0.717, 1.165) is 11.4 Å². The predicted octanol–water partition coefficient (Wildman–Crippen LogP) is 1.19. The lowest BCUT2D eigenvalue weighted by Gasteiger charge is -2.09. The summed E-state index contributed by atoms with van der Waals surface area (Å²) in [5.74, 6) is 0. The first kappa shape index (κ1) is 12.7. The van der Waals surface area contributed by atoms with Crippen molar-refractivity contribution in [3.63, 3.8) is 0 Å². The van der Waals surface area contributed by atoms with Gasteiger partial charge in [-0.15, -0.1) is 6.58 Å². The summed E-state index contributed by atoms with van der Waals surface area (Å²) in [6.45, 7) is 9.06. The molecule has 0 saturated heterocycles. The van der Waals surface area contributed by atoms with Gasteiger partial charge in [-0.3, -0.25) is 4.68 Å². The molecule has 0 fully saturated rings. The highest BCUT2D eigenvalue weighted by molar-refractivity contribution is 7.80. The highest BCUT2D eigenvalue weighted by Gasteiger charge is 2.08. The Bertz CT molecular complexity index is 395. The fourth-order valence-electron chi connectivity index (χ4n) is 1.47. The molecular formula is C11H18N4S. The van der Waals surface area contributed by atoms with Crippen LogP contribution in [0.4, 0.5) is 0 Å². The predicted molar refractivity (Wildman–Crippen MR) is 70.3 cm³/mol. The topological polar surface area (TPSA) is 41.9 Å². The molecule has 0 spiro atoms. The molecule has 16 heavy (non-hydrogen) atoms. The van der Waals surface area contributed by atoms with Crippen LogP contribution in [-0.2, 0) is 13.6 Å². The average Bonchev–Trinajstić information content (AvgIpc) is 2.48. The Morgan fingerprint density at radius 2 is 2.19 bits per heavy atom. The number of hydrogen-bond acceptors (Lipinski definition) is 2. The van der Waals surface area contributed by atoms with Gasteiger partial charge in [-0.1, -0.05) is 6.08 Å². The van der Waals surface area contributed by atoms with Gasteiger partial charge in [0, 0.05) is 31.4 Å². The van der Waals surface area contributed by atoms with E-state index >= 15 is 0 Å². The van der Waals surface area contributed by atoms with E-state index in [9.17, 15) is 0 Å². The minimum absolute atomic E-state index is 0.641. The smallest absolute Gasteiger partial charge is 0.166 e. The summed E-state index contributed by atoms with van der Waals surface area (Å²) in [6, 6.07) is 0. The van der Waals surface area contributed by atoms with Gasteiger partial charge in [0.2, 0.25) is 0 Å². The minimum atomic E-state index is 0.641. The second-order valence-corrected chi connectivity index (χ2v) is 4.03. The highest BCUT2D eigenvalue weighted by atomic mass is 32.1. The molecule has 0 bridgehead atoms. The fraction of sp³-hybridized carbons (Fsp3) is 0.455. The Kier molecular flexibility index (Phi) is 4.49. The zero-order valence-corrected chi connectivity index (χ0v) is 10.8. The SMILES string of the molecule is C=CCNC(=S)NCc1c(C)nn(C)c1C. The highest BCUT2D eigenvalue weighted by Crippen LogP contribution is 2.10. The lowest BCUT2D eigenvalue weighted by Crippen LogP contribution is -2.34. The Labute approximate surface area is 102 Å². The van der Waals surface area contributed by atoms with Gasteiger partial charge in [-0.25, -0.2) is 0 Å². The molecule has 0 aromatic carbocycles. The van der Waals surface area contributed by atoms with E-state index in [0.29, 0.717) is 18.2 Å². The third-order valence-electron chi connectivity index (χ3n) is 2.49. The lowest BCUT2D eigenvalue weighted by atomic mass is 10.2. The standard InChI is InChI=1S/C11H18N4S/c1-5-6-12-11(16)13-7-10-8(2)14-15(4)9(10)3/h5H,1,6-7H2,2-4H3,(H2,12,13,16). The Hall–Kier alpha value is -1.36. The largest absolute Gasteiger partial charge is 0.359 e. The summed E-state index contributed by atoms with van der Waals surface area (Å²) in [4.78, 5) is 0. The molecule has 0 aliphatic heterocycles. The molecule has 4 nitrogen and oxygen atoms in total. The first-order valence-corrected chi connectivity index (χ1v) is 5.58. The molecule has 88 valence electrons. The first-order valence-electron chi connectivity index (χ1n) is 5.18. The molecule has 0 saturated carbocycles. The van der Waals surface area contributed by atoms with Crippen LogP contribution >= 0.6 is 12.2 Å². The quantitative estimate of drug-likeness (QED) is 0.611. The molecule has 0 aliphatic carbocycles. The summed E-state index contributed by atoms with van der Waals surface area (Å²) >= 11 is 5.11. The first-order chi connectivity index (χ1) is 7.56. The minimum Gasteiger partial charge on any atom is -0.359 e. The third-order valence-corrected chi connectivity index (χ3v) is 2.78. The van der Waals surface area contributed by atoms with Crippen LogP contribution in [0.3, 0.4) is 0 Å². The van der Waals surface area contributed by atoms with Crippen LogP contribution in [0.5, 0.6) is 0 Å². The zero-order valence-electron chi connectivity index (χ0n) is 10.0. The van der Waals surface area contributed by atoms with Crippen LogP contribution in [0.2, 0.25) is 0 Å². The molecule has 1 aromatic heterocycles. The average molecular weight is 238 g/mol. The number of thiocarbonyl (C=S) groups is 1. The van der Waals surface area contributed by atoms with Gasteiger partial charge >= 0.3 is 0 Å². The van der Waals surface area contributed by atoms with Gasteiger partial charge in [0.05, 0.1) is 5.69 Å². The Morgan fingerprint density at radius 3 is 2.69 bits per heavy atom. The molecule has 0 radical (unpaired) electrons. The number of rotatable bonds is 4. The molecule has 1 heterocycles. The van der Waals surface area contributed by atoms with Gasteiger partial charge in [0.25, 0.3) is 0 Å². The monoisotopic (exact) mass is 238 g/mol. The van der Waals surface area contributed by atoms with E-state index in [1.54, 1.807) is 6.08 Å². The van der Waals surface area contributed by atoms with E-state index in [-0.39, 0.29) is 0 Å². The van der Waals surface area contributed by atoms with Crippen molar-refractivity contribution in [1.82, 2.24) is 20.4 Å². The van der Waals surface area contributed by atoms with Crippen molar-refractivity contribution in [3.8, 4) is 0 Å². The van der Waals surface area contributed by atoms with Gasteiger partial charge in [0.15, 0.2) is 5.11 Å². The molecule has 5 heteroatoms. The van der Waals surface area contributed by atoms with Crippen LogP contribution in [0, 0.1) is 13.8 Å². The maximum absolute atomic E-state index is 5.11. The second-order valence-electron chi connectivity index (χ2n) is 3.63. The van der Waals surface area contributed by atoms with Crippen molar-refractivity contribution in [3.05, 3.63) is 29.6 Å².